The Kier molecular flexibility index (Phi) is 3.40. The van der Waals surface area contributed by atoms with Gasteiger partial charge in [-0.3, -0.25) is 0 Å². The van der Waals surface area contributed by atoms with Crippen LogP contribution in [0.1, 0.15) is 11.1 Å². The Hall–Kier alpha value is -1.42. The lowest BCUT2D eigenvalue weighted by Crippen LogP contribution is -1.94. The molecule has 1 rings (SSSR count). The highest BCUT2D eigenvalue weighted by atomic mass is 16.3. The highest BCUT2D eigenvalue weighted by Gasteiger charge is 1.99. The number of benzene rings is 1. The van der Waals surface area contributed by atoms with Crippen LogP contribution in [0, 0.1) is 4.91 Å². The fraction of sp³-hybridized carbons (Fsp3) is 0.333. The molecule has 0 saturated heterocycles. The first-order valence-corrected chi connectivity index (χ1v) is 4.00. The molecule has 0 bridgehead atoms. The lowest BCUT2D eigenvalue weighted by Gasteiger charge is -2.05. The minimum absolute atomic E-state index is 0.0264. The molecule has 0 unspecified atom stereocenters. The second-order valence-corrected chi connectivity index (χ2v) is 2.73. The molecular weight excluding hydrogens is 168 g/mol. The van der Waals surface area contributed by atoms with Crippen LogP contribution in [0.25, 0.3) is 0 Å². The molecule has 0 amide bonds. The van der Waals surface area contributed by atoms with Gasteiger partial charge in [0.2, 0.25) is 0 Å². The summed E-state index contributed by atoms with van der Waals surface area (Å²) in [6.07, 6.45) is 0. The predicted molar refractivity (Wildman–Crippen MR) is 51.4 cm³/mol. The normalized spacial score (nSPS) is 9.69. The summed E-state index contributed by atoms with van der Waals surface area (Å²) in [4.78, 5) is 10.0. The largest absolute Gasteiger partial charge is 0.392 e. The van der Waals surface area contributed by atoms with E-state index in [4.69, 9.17) is 5.11 Å². The summed E-state index contributed by atoms with van der Waals surface area (Å²) in [5, 5.41) is 14.7. The zero-order valence-corrected chi connectivity index (χ0v) is 7.45. The predicted octanol–water partition coefficient (Wildman–Crippen LogP) is 1.49. The second-order valence-electron chi connectivity index (χ2n) is 2.73. The summed E-state index contributed by atoms with van der Waals surface area (Å²) in [5.74, 6) is 0. The average molecular weight is 180 g/mol. The molecular formula is C9H12N2O2. The Balaban J connectivity index is 2.99. The molecule has 0 spiro atoms. The van der Waals surface area contributed by atoms with Crippen molar-refractivity contribution in [2.24, 2.45) is 5.18 Å². The molecule has 0 aliphatic heterocycles. The van der Waals surface area contributed by atoms with E-state index < -0.39 is 0 Å². The Morgan fingerprint density at radius 3 is 2.62 bits per heavy atom. The fourth-order valence-electron chi connectivity index (χ4n) is 1.16. The molecule has 0 heterocycles. The number of hydrogen-bond donors (Lipinski definition) is 2. The van der Waals surface area contributed by atoms with Crippen molar-refractivity contribution in [1.82, 2.24) is 0 Å². The van der Waals surface area contributed by atoms with E-state index >= 15 is 0 Å². The third-order valence-corrected chi connectivity index (χ3v) is 1.77. The van der Waals surface area contributed by atoms with E-state index in [-0.39, 0.29) is 13.2 Å². The molecule has 2 N–H and O–H groups in total. The van der Waals surface area contributed by atoms with Crippen molar-refractivity contribution in [2.75, 3.05) is 12.4 Å². The molecule has 0 fully saturated rings. The zero-order chi connectivity index (χ0) is 9.68. The van der Waals surface area contributed by atoms with Gasteiger partial charge in [0, 0.05) is 12.7 Å². The van der Waals surface area contributed by atoms with Gasteiger partial charge < -0.3 is 10.4 Å². The van der Waals surface area contributed by atoms with Gasteiger partial charge in [0.1, 0.15) is 6.54 Å². The topological polar surface area (TPSA) is 61.7 Å². The summed E-state index contributed by atoms with van der Waals surface area (Å²) in [6.45, 7) is 0.115. The molecule has 4 nitrogen and oxygen atoms in total. The Bertz CT molecular complexity index is 277. The van der Waals surface area contributed by atoms with E-state index in [1.165, 1.54) is 0 Å². The molecule has 0 aromatic heterocycles. The first-order chi connectivity index (χ1) is 6.30. The summed E-state index contributed by atoms with van der Waals surface area (Å²) >= 11 is 0. The van der Waals surface area contributed by atoms with Crippen LogP contribution >= 0.6 is 0 Å². The minimum Gasteiger partial charge on any atom is -0.392 e. The van der Waals surface area contributed by atoms with E-state index in [0.717, 1.165) is 16.8 Å². The van der Waals surface area contributed by atoms with Gasteiger partial charge in [-0.25, -0.2) is 0 Å². The minimum atomic E-state index is -0.0264. The lowest BCUT2D eigenvalue weighted by molar-refractivity contribution is 0.282. The third kappa shape index (κ3) is 2.52. The molecule has 0 radical (unpaired) electrons. The smallest absolute Gasteiger partial charge is 0.106 e. The highest BCUT2D eigenvalue weighted by Crippen LogP contribution is 2.15. The molecule has 4 heteroatoms. The van der Waals surface area contributed by atoms with E-state index in [2.05, 4.69) is 10.5 Å². The molecule has 0 saturated carbocycles. The van der Waals surface area contributed by atoms with Crippen LogP contribution in [-0.4, -0.2) is 12.2 Å². The fourth-order valence-corrected chi connectivity index (χ4v) is 1.16. The van der Waals surface area contributed by atoms with Crippen molar-refractivity contribution < 1.29 is 5.11 Å². The van der Waals surface area contributed by atoms with Crippen LogP contribution in [-0.2, 0) is 13.2 Å². The number of rotatable bonds is 4. The highest BCUT2D eigenvalue weighted by molar-refractivity contribution is 5.48. The maximum absolute atomic E-state index is 10.0. The monoisotopic (exact) mass is 180 g/mol. The molecule has 1 aromatic rings. The van der Waals surface area contributed by atoms with E-state index in [1.54, 1.807) is 13.1 Å². The maximum Gasteiger partial charge on any atom is 0.106 e. The summed E-state index contributed by atoms with van der Waals surface area (Å²) < 4.78 is 0. The summed E-state index contributed by atoms with van der Waals surface area (Å²) in [7, 11) is 1.79. The number of hydrogen-bond acceptors (Lipinski definition) is 4. The maximum atomic E-state index is 10.0. The molecule has 0 aliphatic rings. The van der Waals surface area contributed by atoms with Gasteiger partial charge in [-0.05, 0) is 23.3 Å². The summed E-state index contributed by atoms with van der Waals surface area (Å²) in [5.41, 5.74) is 2.47. The van der Waals surface area contributed by atoms with E-state index in [1.807, 2.05) is 12.1 Å². The molecule has 0 aliphatic carbocycles. The van der Waals surface area contributed by atoms with Crippen LogP contribution in [0.15, 0.2) is 23.4 Å². The average Bonchev–Trinajstić information content (AvgIpc) is 2.17. The quantitative estimate of drug-likeness (QED) is 0.690. The standard InChI is InChI=1S/C9H12N2O2/c1-10-9-3-7(5-11-13)2-8(4-9)6-12/h2-4,10,12H,5-6H2,1H3. The lowest BCUT2D eigenvalue weighted by atomic mass is 10.1. The number of nitroso groups, excluding NO2 is 1. The molecule has 70 valence electrons. The van der Waals surface area contributed by atoms with Crippen LogP contribution in [0.4, 0.5) is 5.69 Å². The van der Waals surface area contributed by atoms with Crippen molar-refractivity contribution in [1.29, 1.82) is 0 Å². The van der Waals surface area contributed by atoms with Crippen LogP contribution in [0.2, 0.25) is 0 Å². The van der Waals surface area contributed by atoms with E-state index in [9.17, 15) is 4.91 Å². The van der Waals surface area contributed by atoms with Crippen molar-refractivity contribution in [3.8, 4) is 0 Å². The first-order valence-electron chi connectivity index (χ1n) is 4.00. The second kappa shape index (κ2) is 4.57. The van der Waals surface area contributed by atoms with Gasteiger partial charge in [-0.1, -0.05) is 11.2 Å². The number of aliphatic hydroxyl groups excluding tert-OH is 1. The Morgan fingerprint density at radius 1 is 1.38 bits per heavy atom. The van der Waals surface area contributed by atoms with Gasteiger partial charge in [-0.2, -0.15) is 4.91 Å². The van der Waals surface area contributed by atoms with Crippen LogP contribution in [0.5, 0.6) is 0 Å². The number of nitrogens with one attached hydrogen (secondary N) is 1. The van der Waals surface area contributed by atoms with Crippen molar-refractivity contribution in [2.45, 2.75) is 13.2 Å². The number of aliphatic hydroxyl groups is 1. The Morgan fingerprint density at radius 2 is 2.08 bits per heavy atom. The number of nitrogens with zero attached hydrogens (tertiary/aromatic N) is 1. The van der Waals surface area contributed by atoms with Crippen LogP contribution in [0.3, 0.4) is 0 Å². The zero-order valence-electron chi connectivity index (χ0n) is 7.45. The molecule has 1 aromatic carbocycles. The van der Waals surface area contributed by atoms with Crippen molar-refractivity contribution in [3.63, 3.8) is 0 Å². The van der Waals surface area contributed by atoms with Gasteiger partial charge in [0.15, 0.2) is 0 Å². The van der Waals surface area contributed by atoms with E-state index in [0.29, 0.717) is 0 Å². The van der Waals surface area contributed by atoms with Crippen LogP contribution < -0.4 is 5.32 Å². The van der Waals surface area contributed by atoms with Gasteiger partial charge in [0.05, 0.1) is 6.61 Å². The van der Waals surface area contributed by atoms with Crippen molar-refractivity contribution >= 4 is 5.69 Å². The molecule has 13 heavy (non-hydrogen) atoms. The van der Waals surface area contributed by atoms with Gasteiger partial charge >= 0.3 is 0 Å². The molecule has 0 atom stereocenters. The third-order valence-electron chi connectivity index (χ3n) is 1.77. The van der Waals surface area contributed by atoms with Crippen molar-refractivity contribution in [3.05, 3.63) is 34.2 Å². The van der Waals surface area contributed by atoms with Gasteiger partial charge in [0.25, 0.3) is 0 Å². The summed E-state index contributed by atoms with van der Waals surface area (Å²) in [6, 6.07) is 5.43. The first kappa shape index (κ1) is 9.67. The SMILES string of the molecule is CNc1cc(CO)cc(CN=O)c1. The Labute approximate surface area is 76.6 Å². The number of anilines is 1. The van der Waals surface area contributed by atoms with Gasteiger partial charge in [-0.15, -0.1) is 0 Å².